The van der Waals surface area contributed by atoms with Gasteiger partial charge < -0.3 is 4.90 Å². The number of hydrogen-bond acceptors (Lipinski definition) is 6. The lowest BCUT2D eigenvalue weighted by atomic mass is 10.1. The van der Waals surface area contributed by atoms with Crippen LogP contribution in [0.4, 0.5) is 0 Å². The van der Waals surface area contributed by atoms with E-state index in [9.17, 15) is 14.4 Å². The van der Waals surface area contributed by atoms with Gasteiger partial charge in [-0.1, -0.05) is 18.3 Å². The first-order valence-corrected chi connectivity index (χ1v) is 6.20. The Balaban J connectivity index is 2.23. The molecule has 0 bridgehead atoms. The topological polar surface area (TPSA) is 92.3 Å². The van der Waals surface area contributed by atoms with Crippen LogP contribution in [0.2, 0.25) is 0 Å². The maximum Gasteiger partial charge on any atom is 0.268 e. The predicted molar refractivity (Wildman–Crippen MR) is 63.1 cm³/mol. The second-order valence-corrected chi connectivity index (χ2v) is 5.03. The van der Waals surface area contributed by atoms with E-state index in [1.165, 1.54) is 4.90 Å². The summed E-state index contributed by atoms with van der Waals surface area (Å²) in [4.78, 5) is 36.3. The second-order valence-electron chi connectivity index (χ2n) is 4.27. The van der Waals surface area contributed by atoms with E-state index in [4.69, 9.17) is 0 Å². The summed E-state index contributed by atoms with van der Waals surface area (Å²) in [5.41, 5.74) is 0.600. The van der Waals surface area contributed by atoms with Crippen molar-refractivity contribution in [1.29, 1.82) is 0 Å². The van der Waals surface area contributed by atoms with E-state index in [1.54, 1.807) is 0 Å². The summed E-state index contributed by atoms with van der Waals surface area (Å²) in [5.74, 6) is -1.24. The number of amides is 3. The highest BCUT2D eigenvalue weighted by atomic mass is 32.1. The molecule has 18 heavy (non-hydrogen) atoms. The van der Waals surface area contributed by atoms with Crippen LogP contribution in [0.15, 0.2) is 0 Å². The van der Waals surface area contributed by atoms with Crippen molar-refractivity contribution >= 4 is 29.3 Å². The highest BCUT2D eigenvalue weighted by Gasteiger charge is 2.30. The number of carbonyl (C=O) groups excluding carboxylic acids is 3. The predicted octanol–water partition coefficient (Wildman–Crippen LogP) is -0.240. The number of aromatic nitrogens is 2. The molecule has 0 spiro atoms. The molecule has 1 fully saturated rings. The van der Waals surface area contributed by atoms with Crippen LogP contribution in [-0.2, 0) is 9.59 Å². The number of rotatable bonds is 2. The van der Waals surface area contributed by atoms with Crippen molar-refractivity contribution in [2.75, 3.05) is 13.1 Å². The Morgan fingerprint density at radius 1 is 1.33 bits per heavy atom. The minimum absolute atomic E-state index is 0.0667. The minimum atomic E-state index is -0.469. The summed E-state index contributed by atoms with van der Waals surface area (Å²) in [6.07, 6.45) is 0. The van der Waals surface area contributed by atoms with Gasteiger partial charge in [-0.05, 0) is 17.5 Å². The average Bonchev–Trinajstić information content (AvgIpc) is 2.75. The number of nitrogens with zero attached hydrogens (tertiary/aromatic N) is 3. The van der Waals surface area contributed by atoms with Gasteiger partial charge in [-0.15, -0.1) is 5.10 Å². The van der Waals surface area contributed by atoms with Gasteiger partial charge in [-0.2, -0.15) is 0 Å². The average molecular weight is 268 g/mol. The molecule has 1 aromatic rings. The van der Waals surface area contributed by atoms with Crippen LogP contribution >= 0.6 is 11.5 Å². The zero-order chi connectivity index (χ0) is 13.3. The fourth-order valence-electron chi connectivity index (χ4n) is 1.65. The lowest BCUT2D eigenvalue weighted by molar-refractivity contribution is -0.135. The van der Waals surface area contributed by atoms with E-state index in [-0.39, 0.29) is 24.9 Å². The van der Waals surface area contributed by atoms with Crippen LogP contribution in [0.1, 0.15) is 35.1 Å². The Kier molecular flexibility index (Phi) is 3.37. The molecule has 3 amide bonds. The van der Waals surface area contributed by atoms with Crippen molar-refractivity contribution in [3.8, 4) is 0 Å². The fraction of sp³-hybridized carbons (Fsp3) is 0.500. The van der Waals surface area contributed by atoms with Gasteiger partial charge >= 0.3 is 0 Å². The van der Waals surface area contributed by atoms with E-state index >= 15 is 0 Å². The van der Waals surface area contributed by atoms with Gasteiger partial charge in [0, 0.05) is 0 Å². The van der Waals surface area contributed by atoms with Gasteiger partial charge in [0.15, 0.2) is 0 Å². The smallest absolute Gasteiger partial charge is 0.268 e. The zero-order valence-corrected chi connectivity index (χ0v) is 10.8. The minimum Gasteiger partial charge on any atom is -0.319 e. The number of carbonyl (C=O) groups is 3. The van der Waals surface area contributed by atoms with Crippen molar-refractivity contribution < 1.29 is 14.4 Å². The second kappa shape index (κ2) is 4.81. The van der Waals surface area contributed by atoms with Crippen LogP contribution in [0, 0.1) is 0 Å². The third kappa shape index (κ3) is 2.37. The van der Waals surface area contributed by atoms with Crippen LogP contribution in [0.5, 0.6) is 0 Å². The van der Waals surface area contributed by atoms with Crippen LogP contribution in [-0.4, -0.2) is 45.3 Å². The molecule has 0 atom stereocenters. The third-order valence-electron chi connectivity index (χ3n) is 2.49. The molecule has 2 heterocycles. The van der Waals surface area contributed by atoms with Crippen molar-refractivity contribution in [2.24, 2.45) is 0 Å². The van der Waals surface area contributed by atoms with E-state index in [2.05, 4.69) is 14.9 Å². The maximum atomic E-state index is 12.2. The summed E-state index contributed by atoms with van der Waals surface area (Å²) in [7, 11) is 0. The van der Waals surface area contributed by atoms with Crippen molar-refractivity contribution in [3.05, 3.63) is 10.6 Å². The first-order valence-electron chi connectivity index (χ1n) is 5.43. The zero-order valence-electron chi connectivity index (χ0n) is 9.97. The highest BCUT2D eigenvalue weighted by molar-refractivity contribution is 7.08. The first kappa shape index (κ1) is 12.6. The fourth-order valence-corrected chi connectivity index (χ4v) is 2.44. The monoisotopic (exact) mass is 268 g/mol. The summed E-state index contributed by atoms with van der Waals surface area (Å²) >= 11 is 0.987. The first-order chi connectivity index (χ1) is 8.49. The molecule has 1 aliphatic rings. The normalized spacial score (nSPS) is 16.1. The lowest BCUT2D eigenvalue weighted by Crippen LogP contribution is -2.53. The van der Waals surface area contributed by atoms with Gasteiger partial charge in [0.05, 0.1) is 5.69 Å². The summed E-state index contributed by atoms with van der Waals surface area (Å²) in [5, 5.41) is 6.05. The lowest BCUT2D eigenvalue weighted by Gasteiger charge is -2.25. The molecule has 1 aliphatic heterocycles. The molecule has 0 saturated carbocycles. The quantitative estimate of drug-likeness (QED) is 0.747. The molecule has 8 heteroatoms. The number of imide groups is 1. The molecule has 96 valence electrons. The standard InChI is InChI=1S/C10H12N4O3S/c1-5(2)8-9(18-13-12-8)10(17)14-3-6(15)11-7(16)4-14/h5H,3-4H2,1-2H3,(H,11,15,16). The molecular weight excluding hydrogens is 256 g/mol. The summed E-state index contributed by atoms with van der Waals surface area (Å²) in [6, 6.07) is 0. The molecule has 2 rings (SSSR count). The van der Waals surface area contributed by atoms with E-state index in [0.29, 0.717) is 10.6 Å². The van der Waals surface area contributed by atoms with Gasteiger partial charge in [-0.3, -0.25) is 19.7 Å². The molecule has 0 aromatic carbocycles. The van der Waals surface area contributed by atoms with Crippen molar-refractivity contribution in [2.45, 2.75) is 19.8 Å². The molecule has 0 aliphatic carbocycles. The van der Waals surface area contributed by atoms with Crippen LogP contribution in [0.25, 0.3) is 0 Å². The number of hydrogen-bond donors (Lipinski definition) is 1. The Labute approximate surface area is 107 Å². The van der Waals surface area contributed by atoms with E-state index in [1.807, 2.05) is 13.8 Å². The third-order valence-corrected chi connectivity index (χ3v) is 3.22. The van der Waals surface area contributed by atoms with E-state index in [0.717, 1.165) is 11.5 Å². The van der Waals surface area contributed by atoms with Gasteiger partial charge in [0.2, 0.25) is 11.8 Å². The van der Waals surface area contributed by atoms with Crippen molar-refractivity contribution in [1.82, 2.24) is 19.8 Å². The van der Waals surface area contributed by atoms with Crippen LogP contribution < -0.4 is 5.32 Å². The molecule has 1 N–H and O–H groups in total. The van der Waals surface area contributed by atoms with Gasteiger partial charge in [0.1, 0.15) is 18.0 Å². The largest absolute Gasteiger partial charge is 0.319 e. The maximum absolute atomic E-state index is 12.2. The molecule has 0 radical (unpaired) electrons. The highest BCUT2D eigenvalue weighted by Crippen LogP contribution is 2.21. The molecule has 0 unspecified atom stereocenters. The Morgan fingerprint density at radius 3 is 2.50 bits per heavy atom. The van der Waals surface area contributed by atoms with Crippen molar-refractivity contribution in [3.63, 3.8) is 0 Å². The van der Waals surface area contributed by atoms with E-state index < -0.39 is 11.8 Å². The Hall–Kier alpha value is -1.83. The summed E-state index contributed by atoms with van der Waals surface area (Å²) in [6.45, 7) is 3.59. The molecular formula is C10H12N4O3S. The van der Waals surface area contributed by atoms with Gasteiger partial charge in [0.25, 0.3) is 5.91 Å². The van der Waals surface area contributed by atoms with Gasteiger partial charge in [-0.25, -0.2) is 0 Å². The Morgan fingerprint density at radius 2 is 1.94 bits per heavy atom. The molecule has 1 saturated heterocycles. The SMILES string of the molecule is CC(C)c1nnsc1C(=O)N1CC(=O)NC(=O)C1. The molecule has 7 nitrogen and oxygen atoms in total. The number of piperazine rings is 1. The van der Waals surface area contributed by atoms with Crippen LogP contribution in [0.3, 0.4) is 0 Å². The Bertz CT molecular complexity index is 495. The number of nitrogens with one attached hydrogen (secondary N) is 1. The summed E-state index contributed by atoms with van der Waals surface area (Å²) < 4.78 is 3.76. The molecule has 1 aromatic heterocycles.